The van der Waals surface area contributed by atoms with Gasteiger partial charge in [0.1, 0.15) is 0 Å². The standard InChI is InChI=1S/C16H24ClNO/c1-3-15(2,19)11-14(18)16(8-5-9-16)12-6-4-7-13(17)10-12/h4,6-7,10,14,19H,3,5,8-9,11,18H2,1-2H3. The van der Waals surface area contributed by atoms with Gasteiger partial charge in [0.2, 0.25) is 0 Å². The SMILES string of the molecule is CCC(C)(O)CC(N)C1(c2cccc(Cl)c2)CCC1. The second kappa shape index (κ2) is 5.43. The van der Waals surface area contributed by atoms with Gasteiger partial charge in [-0.3, -0.25) is 0 Å². The highest BCUT2D eigenvalue weighted by Crippen LogP contribution is 2.48. The van der Waals surface area contributed by atoms with Crippen LogP contribution < -0.4 is 5.73 Å². The second-order valence-corrected chi connectivity index (χ2v) is 6.62. The number of nitrogens with two attached hydrogens (primary N) is 1. The summed E-state index contributed by atoms with van der Waals surface area (Å²) in [6.45, 7) is 3.87. The highest BCUT2D eigenvalue weighted by Gasteiger charge is 2.45. The van der Waals surface area contributed by atoms with E-state index in [0.29, 0.717) is 6.42 Å². The Balaban J connectivity index is 2.23. The summed E-state index contributed by atoms with van der Waals surface area (Å²) in [5.41, 5.74) is 7.01. The van der Waals surface area contributed by atoms with Gasteiger partial charge in [0.15, 0.2) is 0 Å². The zero-order valence-electron chi connectivity index (χ0n) is 11.8. The normalized spacial score (nSPS) is 22.4. The number of hydrogen-bond donors (Lipinski definition) is 2. The van der Waals surface area contributed by atoms with Crippen LogP contribution >= 0.6 is 11.6 Å². The third-order valence-corrected chi connectivity index (χ3v) is 5.01. The van der Waals surface area contributed by atoms with Crippen LogP contribution in [0.3, 0.4) is 0 Å². The second-order valence-electron chi connectivity index (χ2n) is 6.18. The third kappa shape index (κ3) is 2.96. The summed E-state index contributed by atoms with van der Waals surface area (Å²) >= 11 is 6.11. The van der Waals surface area contributed by atoms with Crippen molar-refractivity contribution in [3.05, 3.63) is 34.9 Å². The molecule has 0 saturated heterocycles. The Morgan fingerprint density at radius 3 is 2.63 bits per heavy atom. The molecule has 0 aromatic heterocycles. The Morgan fingerprint density at radius 2 is 2.16 bits per heavy atom. The van der Waals surface area contributed by atoms with Crippen molar-refractivity contribution in [2.45, 2.75) is 63.0 Å². The lowest BCUT2D eigenvalue weighted by molar-refractivity contribution is 0.0214. The number of benzene rings is 1. The molecule has 0 spiro atoms. The predicted molar refractivity (Wildman–Crippen MR) is 80.5 cm³/mol. The molecular formula is C16H24ClNO. The summed E-state index contributed by atoms with van der Waals surface area (Å²) < 4.78 is 0. The zero-order chi connectivity index (χ0) is 14.1. The van der Waals surface area contributed by atoms with Crippen LogP contribution in [-0.4, -0.2) is 16.7 Å². The number of aliphatic hydroxyl groups is 1. The van der Waals surface area contributed by atoms with Crippen molar-refractivity contribution in [3.8, 4) is 0 Å². The Kier molecular flexibility index (Phi) is 4.24. The van der Waals surface area contributed by atoms with Gasteiger partial charge in [-0.25, -0.2) is 0 Å². The van der Waals surface area contributed by atoms with E-state index in [1.165, 1.54) is 12.0 Å². The topological polar surface area (TPSA) is 46.2 Å². The molecule has 0 aliphatic heterocycles. The summed E-state index contributed by atoms with van der Waals surface area (Å²) in [7, 11) is 0. The van der Waals surface area contributed by atoms with Gasteiger partial charge in [-0.2, -0.15) is 0 Å². The highest BCUT2D eigenvalue weighted by atomic mass is 35.5. The fourth-order valence-corrected chi connectivity index (χ4v) is 3.23. The van der Waals surface area contributed by atoms with Gasteiger partial charge in [-0.05, 0) is 50.3 Å². The van der Waals surface area contributed by atoms with Gasteiger partial charge in [0.25, 0.3) is 0 Å². The van der Waals surface area contributed by atoms with Crippen LogP contribution in [0.2, 0.25) is 5.02 Å². The molecule has 0 amide bonds. The lowest BCUT2D eigenvalue weighted by Gasteiger charge is -2.48. The van der Waals surface area contributed by atoms with E-state index >= 15 is 0 Å². The van der Waals surface area contributed by atoms with E-state index in [4.69, 9.17) is 17.3 Å². The van der Waals surface area contributed by atoms with E-state index in [1.54, 1.807) is 0 Å². The summed E-state index contributed by atoms with van der Waals surface area (Å²) in [5.74, 6) is 0. The fraction of sp³-hybridized carbons (Fsp3) is 0.625. The van der Waals surface area contributed by atoms with Gasteiger partial charge >= 0.3 is 0 Å². The largest absolute Gasteiger partial charge is 0.390 e. The van der Waals surface area contributed by atoms with Crippen molar-refractivity contribution in [3.63, 3.8) is 0 Å². The van der Waals surface area contributed by atoms with Crippen LogP contribution in [-0.2, 0) is 5.41 Å². The Bertz CT molecular complexity index is 440. The molecule has 0 heterocycles. The van der Waals surface area contributed by atoms with E-state index in [2.05, 4.69) is 6.07 Å². The molecule has 1 aromatic rings. The molecule has 1 aliphatic carbocycles. The molecule has 1 aromatic carbocycles. The van der Waals surface area contributed by atoms with Gasteiger partial charge < -0.3 is 10.8 Å². The summed E-state index contributed by atoms with van der Waals surface area (Å²) in [4.78, 5) is 0. The number of halogens is 1. The van der Waals surface area contributed by atoms with E-state index in [9.17, 15) is 5.11 Å². The number of rotatable bonds is 5. The Morgan fingerprint density at radius 1 is 1.47 bits per heavy atom. The smallest absolute Gasteiger partial charge is 0.0632 e. The lowest BCUT2D eigenvalue weighted by Crippen LogP contribution is -2.53. The van der Waals surface area contributed by atoms with E-state index in [1.807, 2.05) is 32.0 Å². The van der Waals surface area contributed by atoms with Crippen molar-refractivity contribution >= 4 is 11.6 Å². The van der Waals surface area contributed by atoms with Gasteiger partial charge in [0, 0.05) is 16.5 Å². The first-order chi connectivity index (χ1) is 8.89. The van der Waals surface area contributed by atoms with Crippen molar-refractivity contribution < 1.29 is 5.11 Å². The lowest BCUT2D eigenvalue weighted by atomic mass is 9.58. The molecule has 2 unspecified atom stereocenters. The third-order valence-electron chi connectivity index (χ3n) is 4.78. The molecule has 2 rings (SSSR count). The molecule has 3 heteroatoms. The maximum Gasteiger partial charge on any atom is 0.0632 e. The van der Waals surface area contributed by atoms with Crippen molar-refractivity contribution in [2.75, 3.05) is 0 Å². The molecule has 1 fully saturated rings. The Hall–Kier alpha value is -0.570. The van der Waals surface area contributed by atoms with E-state index in [0.717, 1.165) is 24.3 Å². The maximum absolute atomic E-state index is 10.3. The van der Waals surface area contributed by atoms with Crippen LogP contribution in [0.1, 0.15) is 51.5 Å². The Labute approximate surface area is 121 Å². The highest BCUT2D eigenvalue weighted by molar-refractivity contribution is 6.30. The molecule has 2 nitrogen and oxygen atoms in total. The average molecular weight is 282 g/mol. The van der Waals surface area contributed by atoms with E-state index < -0.39 is 5.60 Å². The first-order valence-corrected chi connectivity index (χ1v) is 7.51. The molecule has 2 atom stereocenters. The molecule has 19 heavy (non-hydrogen) atoms. The monoisotopic (exact) mass is 281 g/mol. The van der Waals surface area contributed by atoms with Crippen LogP contribution in [0.4, 0.5) is 0 Å². The molecule has 0 bridgehead atoms. The van der Waals surface area contributed by atoms with Crippen LogP contribution in [0.15, 0.2) is 24.3 Å². The summed E-state index contributed by atoms with van der Waals surface area (Å²) in [6.07, 6.45) is 4.75. The first-order valence-electron chi connectivity index (χ1n) is 7.14. The minimum atomic E-state index is -0.680. The van der Waals surface area contributed by atoms with Crippen LogP contribution in [0, 0.1) is 0 Å². The quantitative estimate of drug-likeness (QED) is 0.865. The van der Waals surface area contributed by atoms with Gasteiger partial charge in [0.05, 0.1) is 5.60 Å². The fourth-order valence-electron chi connectivity index (χ4n) is 3.04. The maximum atomic E-state index is 10.3. The zero-order valence-corrected chi connectivity index (χ0v) is 12.6. The minimum Gasteiger partial charge on any atom is -0.390 e. The number of hydrogen-bond acceptors (Lipinski definition) is 2. The molecular weight excluding hydrogens is 258 g/mol. The van der Waals surface area contributed by atoms with Crippen molar-refractivity contribution in [1.82, 2.24) is 0 Å². The molecule has 1 aliphatic rings. The summed E-state index contributed by atoms with van der Waals surface area (Å²) in [5, 5.41) is 11.0. The van der Waals surface area contributed by atoms with Crippen LogP contribution in [0.5, 0.6) is 0 Å². The van der Waals surface area contributed by atoms with Crippen molar-refractivity contribution in [2.24, 2.45) is 5.73 Å². The molecule has 3 N–H and O–H groups in total. The van der Waals surface area contributed by atoms with Crippen LogP contribution in [0.25, 0.3) is 0 Å². The average Bonchev–Trinajstić information content (AvgIpc) is 2.27. The van der Waals surface area contributed by atoms with E-state index in [-0.39, 0.29) is 11.5 Å². The molecule has 0 radical (unpaired) electrons. The van der Waals surface area contributed by atoms with Gasteiger partial charge in [-0.1, -0.05) is 37.1 Å². The predicted octanol–water partition coefficient (Wildman–Crippen LogP) is 3.64. The molecule has 1 saturated carbocycles. The van der Waals surface area contributed by atoms with Crippen molar-refractivity contribution in [1.29, 1.82) is 0 Å². The molecule has 106 valence electrons. The van der Waals surface area contributed by atoms with Gasteiger partial charge in [-0.15, -0.1) is 0 Å². The summed E-state index contributed by atoms with van der Waals surface area (Å²) in [6, 6.07) is 8.01. The minimum absolute atomic E-state index is 0.00403. The first kappa shape index (κ1) is 14.8.